The largest absolute Gasteiger partial charge is 0.362 e. The van der Waals surface area contributed by atoms with E-state index in [1.165, 1.54) is 31.2 Å². The Hall–Kier alpha value is -2.15. The summed E-state index contributed by atoms with van der Waals surface area (Å²) in [6, 6.07) is 9.19. The molecule has 1 saturated carbocycles. The molecule has 0 spiro atoms. The summed E-state index contributed by atoms with van der Waals surface area (Å²) in [4.78, 5) is 14.3. The maximum Gasteiger partial charge on any atom is 0.227 e. The van der Waals surface area contributed by atoms with E-state index >= 15 is 0 Å². The second kappa shape index (κ2) is 8.92. The van der Waals surface area contributed by atoms with Gasteiger partial charge in [0, 0.05) is 16.6 Å². The molecule has 0 aliphatic heterocycles. The summed E-state index contributed by atoms with van der Waals surface area (Å²) in [5.41, 5.74) is 2.89. The molecule has 3 aromatic rings. The predicted octanol–water partition coefficient (Wildman–Crippen LogP) is 6.33. The lowest BCUT2D eigenvalue weighted by molar-refractivity contribution is 0.360. The molecule has 1 unspecified atom stereocenters. The molecule has 1 aromatic carbocycles. The molecule has 7 heteroatoms. The van der Waals surface area contributed by atoms with E-state index < -0.39 is 0 Å². The molecule has 1 fully saturated rings. The maximum absolute atomic E-state index is 4.85. The third-order valence-corrected chi connectivity index (χ3v) is 6.58. The Balaban J connectivity index is 1.65. The van der Waals surface area contributed by atoms with Gasteiger partial charge in [0.25, 0.3) is 0 Å². The fourth-order valence-electron chi connectivity index (χ4n) is 4.09. The highest BCUT2D eigenvalue weighted by Gasteiger charge is 2.21. The predicted molar refractivity (Wildman–Crippen MR) is 127 cm³/mol. The van der Waals surface area contributed by atoms with Gasteiger partial charge < -0.3 is 15.2 Å². The van der Waals surface area contributed by atoms with Crippen LogP contribution in [0.1, 0.15) is 71.0 Å². The highest BCUT2D eigenvalue weighted by molar-refractivity contribution is 9.10. The topological polar surface area (TPSA) is 67.7 Å². The van der Waals surface area contributed by atoms with Gasteiger partial charge in [-0.2, -0.15) is 9.97 Å². The zero-order valence-electron chi connectivity index (χ0n) is 18.2. The van der Waals surface area contributed by atoms with Gasteiger partial charge in [-0.15, -0.1) is 0 Å². The first-order valence-electron chi connectivity index (χ1n) is 10.9. The van der Waals surface area contributed by atoms with E-state index in [4.69, 9.17) is 9.97 Å². The van der Waals surface area contributed by atoms with E-state index in [1.54, 1.807) is 0 Å². The fourth-order valence-corrected chi connectivity index (χ4v) is 4.35. The van der Waals surface area contributed by atoms with Crippen molar-refractivity contribution in [3.05, 3.63) is 40.6 Å². The Morgan fingerprint density at radius 2 is 1.73 bits per heavy atom. The number of benzene rings is 1. The van der Waals surface area contributed by atoms with Crippen molar-refractivity contribution in [2.45, 2.75) is 71.5 Å². The third-order valence-electron chi connectivity index (χ3n) is 6.05. The van der Waals surface area contributed by atoms with Gasteiger partial charge in [-0.25, -0.2) is 4.98 Å². The molecule has 30 heavy (non-hydrogen) atoms. The second-order valence-electron chi connectivity index (χ2n) is 8.83. The smallest absolute Gasteiger partial charge is 0.227 e. The van der Waals surface area contributed by atoms with Crippen LogP contribution in [0.3, 0.4) is 0 Å². The summed E-state index contributed by atoms with van der Waals surface area (Å²) in [5, 5.41) is 7.18. The van der Waals surface area contributed by atoms with Crippen LogP contribution in [0.5, 0.6) is 0 Å². The zero-order chi connectivity index (χ0) is 21.3. The van der Waals surface area contributed by atoms with E-state index in [0.29, 0.717) is 12.0 Å². The third kappa shape index (κ3) is 4.61. The quantitative estimate of drug-likeness (QED) is 0.440. The Morgan fingerprint density at radius 3 is 2.40 bits per heavy atom. The summed E-state index contributed by atoms with van der Waals surface area (Å²) in [6.45, 7) is 8.78. The van der Waals surface area contributed by atoms with Crippen LogP contribution in [0.15, 0.2) is 35.1 Å². The molecule has 2 N–H and O–H groups in total. The number of imidazole rings is 1. The number of rotatable bonds is 6. The van der Waals surface area contributed by atoms with Crippen LogP contribution in [-0.2, 0) is 0 Å². The van der Waals surface area contributed by atoms with Crippen molar-refractivity contribution in [2.75, 3.05) is 10.6 Å². The van der Waals surface area contributed by atoms with Crippen LogP contribution in [0.4, 0.5) is 11.8 Å². The molecular formula is C23H31BrN6. The number of aromatic nitrogens is 4. The van der Waals surface area contributed by atoms with Crippen LogP contribution in [0.25, 0.3) is 11.2 Å². The van der Waals surface area contributed by atoms with Crippen molar-refractivity contribution in [1.82, 2.24) is 19.5 Å². The van der Waals surface area contributed by atoms with E-state index in [2.05, 4.69) is 88.1 Å². The summed E-state index contributed by atoms with van der Waals surface area (Å²) < 4.78 is 3.19. The lowest BCUT2D eigenvalue weighted by Gasteiger charge is -2.27. The average Bonchev–Trinajstić information content (AvgIpc) is 3.15. The van der Waals surface area contributed by atoms with Crippen molar-refractivity contribution in [3.8, 4) is 0 Å². The lowest BCUT2D eigenvalue weighted by Crippen LogP contribution is -2.26. The number of nitrogens with one attached hydrogen (secondary N) is 2. The number of fused-ring (bicyclic) bond motifs is 1. The van der Waals surface area contributed by atoms with Crippen LogP contribution in [0.2, 0.25) is 0 Å². The molecule has 0 radical (unpaired) electrons. The summed E-state index contributed by atoms with van der Waals surface area (Å²) in [7, 11) is 0. The summed E-state index contributed by atoms with van der Waals surface area (Å²) in [6.07, 6.45) is 6.73. The highest BCUT2D eigenvalue weighted by atomic mass is 79.9. The van der Waals surface area contributed by atoms with Crippen LogP contribution in [0, 0.1) is 5.92 Å². The second-order valence-corrected chi connectivity index (χ2v) is 9.75. The molecule has 2 heterocycles. The molecule has 0 bridgehead atoms. The fraction of sp³-hybridized carbons (Fsp3) is 0.522. The average molecular weight is 471 g/mol. The van der Waals surface area contributed by atoms with E-state index in [1.807, 2.05) is 6.33 Å². The molecule has 2 aromatic heterocycles. The van der Waals surface area contributed by atoms with Crippen molar-refractivity contribution < 1.29 is 0 Å². The van der Waals surface area contributed by atoms with Gasteiger partial charge in [-0.3, -0.25) is 0 Å². The molecule has 160 valence electrons. The molecule has 1 atom stereocenters. The standard InChI is InChI=1S/C23H31BrN6/c1-14(2)30-13-25-20-21(26-16(4)17-7-9-18(24)10-8-17)28-23(29-22(20)30)27-19-11-5-15(3)6-12-19/h7-10,13-16,19H,5-6,11-12H2,1-4H3,(H2,26,27,28,29). The highest BCUT2D eigenvalue weighted by Crippen LogP contribution is 2.29. The Kier molecular flexibility index (Phi) is 6.27. The number of hydrogen-bond acceptors (Lipinski definition) is 5. The summed E-state index contributed by atoms with van der Waals surface area (Å²) >= 11 is 3.51. The minimum absolute atomic E-state index is 0.101. The Bertz CT molecular complexity index is 989. The normalized spacial score (nSPS) is 20.5. The van der Waals surface area contributed by atoms with Gasteiger partial charge in [-0.1, -0.05) is 35.0 Å². The Morgan fingerprint density at radius 1 is 1.03 bits per heavy atom. The molecule has 0 amide bonds. The first kappa shape index (κ1) is 21.1. The zero-order valence-corrected chi connectivity index (χ0v) is 19.8. The van der Waals surface area contributed by atoms with Crippen molar-refractivity contribution in [3.63, 3.8) is 0 Å². The number of nitrogens with zero attached hydrogens (tertiary/aromatic N) is 4. The number of halogens is 1. The van der Waals surface area contributed by atoms with E-state index in [-0.39, 0.29) is 12.1 Å². The molecule has 1 aliphatic rings. The monoisotopic (exact) mass is 470 g/mol. The van der Waals surface area contributed by atoms with Crippen LogP contribution >= 0.6 is 15.9 Å². The summed E-state index contributed by atoms with van der Waals surface area (Å²) in [5.74, 6) is 2.29. The van der Waals surface area contributed by atoms with Gasteiger partial charge in [-0.05, 0) is 70.1 Å². The molecule has 1 aliphatic carbocycles. The van der Waals surface area contributed by atoms with Gasteiger partial charge in [0.1, 0.15) is 0 Å². The van der Waals surface area contributed by atoms with Crippen molar-refractivity contribution in [2.24, 2.45) is 5.92 Å². The lowest BCUT2D eigenvalue weighted by atomic mass is 9.87. The van der Waals surface area contributed by atoms with Gasteiger partial charge in [0.15, 0.2) is 17.0 Å². The van der Waals surface area contributed by atoms with Crippen molar-refractivity contribution in [1.29, 1.82) is 0 Å². The molecule has 4 rings (SSSR count). The maximum atomic E-state index is 4.85. The van der Waals surface area contributed by atoms with E-state index in [9.17, 15) is 0 Å². The van der Waals surface area contributed by atoms with Crippen LogP contribution < -0.4 is 10.6 Å². The molecule has 0 saturated heterocycles. The first-order valence-corrected chi connectivity index (χ1v) is 11.7. The molecule has 6 nitrogen and oxygen atoms in total. The van der Waals surface area contributed by atoms with Crippen molar-refractivity contribution >= 4 is 38.9 Å². The minimum Gasteiger partial charge on any atom is -0.362 e. The van der Waals surface area contributed by atoms with Gasteiger partial charge >= 0.3 is 0 Å². The minimum atomic E-state index is 0.101. The Labute approximate surface area is 187 Å². The first-order chi connectivity index (χ1) is 14.4. The molecular weight excluding hydrogens is 440 g/mol. The SMILES string of the molecule is CC1CCC(Nc2nc(NC(C)c3ccc(Br)cc3)c3ncn(C(C)C)c3n2)CC1. The van der Waals surface area contributed by atoms with Gasteiger partial charge in [0.05, 0.1) is 12.4 Å². The van der Waals surface area contributed by atoms with Gasteiger partial charge in [0.2, 0.25) is 5.95 Å². The van der Waals surface area contributed by atoms with E-state index in [0.717, 1.165) is 27.4 Å². The van der Waals surface area contributed by atoms with Crippen LogP contribution in [-0.4, -0.2) is 25.6 Å². The number of hydrogen-bond donors (Lipinski definition) is 2. The number of anilines is 2.